The van der Waals surface area contributed by atoms with E-state index in [0.29, 0.717) is 6.16 Å². The summed E-state index contributed by atoms with van der Waals surface area (Å²) in [5.74, 6) is -0.446. The van der Waals surface area contributed by atoms with Crippen molar-refractivity contribution in [2.24, 2.45) is 0 Å². The summed E-state index contributed by atoms with van der Waals surface area (Å²) in [6.45, 7) is 2.00. The number of hydrogen-bond acceptors (Lipinski definition) is 2. The van der Waals surface area contributed by atoms with Crippen molar-refractivity contribution in [1.29, 1.82) is 0 Å². The maximum atomic E-state index is 13.4. The first kappa shape index (κ1) is 12.4. The predicted molar refractivity (Wildman–Crippen MR) is 60.4 cm³/mol. The largest absolute Gasteiger partial charge is 0.329 e. The Kier molecular flexibility index (Phi) is 4.49. The summed E-state index contributed by atoms with van der Waals surface area (Å²) in [6.07, 6.45) is 2.10. The molecule has 0 amide bonds. The third-order valence-electron chi connectivity index (χ3n) is 2.32. The lowest BCUT2D eigenvalue weighted by molar-refractivity contribution is 0.400. The van der Waals surface area contributed by atoms with Crippen molar-refractivity contribution in [1.82, 2.24) is 0 Å². The highest BCUT2D eigenvalue weighted by molar-refractivity contribution is 7.67. The van der Waals surface area contributed by atoms with Gasteiger partial charge in [0, 0.05) is 13.3 Å². The Morgan fingerprint density at radius 3 is 2.60 bits per heavy atom. The highest BCUT2D eigenvalue weighted by Gasteiger charge is 2.26. The van der Waals surface area contributed by atoms with Crippen molar-refractivity contribution in [2.45, 2.75) is 19.8 Å². The average Bonchev–Trinajstić information content (AvgIpc) is 2.26. The molecule has 84 valence electrons. The smallest absolute Gasteiger partial charge is 0.234 e. The molecule has 0 aliphatic rings. The van der Waals surface area contributed by atoms with Crippen LogP contribution in [0.15, 0.2) is 24.3 Å². The van der Waals surface area contributed by atoms with Gasteiger partial charge in [-0.25, -0.2) is 4.39 Å². The first-order valence-corrected chi connectivity index (χ1v) is 6.85. The van der Waals surface area contributed by atoms with Gasteiger partial charge < -0.3 is 4.52 Å². The fraction of sp³-hybridized carbons (Fsp3) is 0.455. The monoisotopic (exact) mass is 230 g/mol. The van der Waals surface area contributed by atoms with Gasteiger partial charge in [0.2, 0.25) is 7.37 Å². The van der Waals surface area contributed by atoms with Gasteiger partial charge >= 0.3 is 0 Å². The van der Waals surface area contributed by atoms with Gasteiger partial charge in [0.25, 0.3) is 0 Å². The van der Waals surface area contributed by atoms with Gasteiger partial charge in [-0.3, -0.25) is 4.57 Å². The maximum absolute atomic E-state index is 13.4. The van der Waals surface area contributed by atoms with E-state index in [9.17, 15) is 8.96 Å². The van der Waals surface area contributed by atoms with E-state index in [4.69, 9.17) is 4.52 Å². The Morgan fingerprint density at radius 2 is 2.07 bits per heavy atom. The molecule has 1 rings (SSSR count). The molecule has 2 nitrogen and oxygen atoms in total. The summed E-state index contributed by atoms with van der Waals surface area (Å²) >= 11 is 0. The second-order valence-corrected chi connectivity index (χ2v) is 6.03. The average molecular weight is 230 g/mol. The molecule has 15 heavy (non-hydrogen) atoms. The summed E-state index contributed by atoms with van der Waals surface area (Å²) in [5.41, 5.74) is 0. The molecule has 0 aliphatic heterocycles. The topological polar surface area (TPSA) is 26.3 Å². The summed E-state index contributed by atoms with van der Waals surface area (Å²) < 4.78 is 30.8. The molecule has 0 radical (unpaired) electrons. The molecule has 1 aromatic carbocycles. The van der Waals surface area contributed by atoms with Gasteiger partial charge in [-0.05, 0) is 18.6 Å². The summed E-state index contributed by atoms with van der Waals surface area (Å²) in [4.78, 5) is 0. The quantitative estimate of drug-likeness (QED) is 0.726. The van der Waals surface area contributed by atoms with Crippen molar-refractivity contribution >= 4 is 12.7 Å². The number of rotatable bonds is 5. The van der Waals surface area contributed by atoms with E-state index in [1.165, 1.54) is 19.2 Å². The van der Waals surface area contributed by atoms with Gasteiger partial charge in [0.1, 0.15) is 5.82 Å². The Morgan fingerprint density at radius 1 is 1.40 bits per heavy atom. The fourth-order valence-electron chi connectivity index (χ4n) is 1.40. The third kappa shape index (κ3) is 2.90. The van der Waals surface area contributed by atoms with Gasteiger partial charge in [-0.15, -0.1) is 0 Å². The van der Waals surface area contributed by atoms with Crippen molar-refractivity contribution in [3.8, 4) is 0 Å². The van der Waals surface area contributed by atoms with Crippen LogP contribution >= 0.6 is 7.37 Å². The molecule has 0 N–H and O–H groups in total. The highest BCUT2D eigenvalue weighted by atomic mass is 31.2. The molecular formula is C11H16FO2P. The molecule has 0 saturated carbocycles. The standard InChI is InChI=1S/C11H16FO2P/c1-3-4-9-15(13,14-2)11-8-6-5-7-10(11)12/h5-8H,3-4,9H2,1-2H3. The molecule has 0 saturated heterocycles. The van der Waals surface area contributed by atoms with Crippen LogP contribution in [0, 0.1) is 5.82 Å². The molecule has 0 fully saturated rings. The molecule has 0 spiro atoms. The Balaban J connectivity index is 3.01. The lowest BCUT2D eigenvalue weighted by atomic mass is 10.3. The van der Waals surface area contributed by atoms with E-state index < -0.39 is 13.2 Å². The van der Waals surface area contributed by atoms with E-state index in [-0.39, 0.29) is 5.30 Å². The summed E-state index contributed by atoms with van der Waals surface area (Å²) in [5, 5.41) is 0.209. The van der Waals surface area contributed by atoms with Crippen LogP contribution in [0.5, 0.6) is 0 Å². The van der Waals surface area contributed by atoms with Crippen molar-refractivity contribution in [3.63, 3.8) is 0 Å². The van der Waals surface area contributed by atoms with Crippen LogP contribution in [0.3, 0.4) is 0 Å². The minimum atomic E-state index is -2.98. The molecule has 0 bridgehead atoms. The van der Waals surface area contributed by atoms with Gasteiger partial charge in [-0.2, -0.15) is 0 Å². The third-order valence-corrected chi connectivity index (χ3v) is 4.91. The zero-order chi connectivity index (χ0) is 11.3. The minimum Gasteiger partial charge on any atom is -0.329 e. The zero-order valence-electron chi connectivity index (χ0n) is 9.07. The molecule has 4 heteroatoms. The van der Waals surface area contributed by atoms with Crippen LogP contribution in [0.4, 0.5) is 4.39 Å². The van der Waals surface area contributed by atoms with Crippen LogP contribution in [0.25, 0.3) is 0 Å². The highest BCUT2D eigenvalue weighted by Crippen LogP contribution is 2.46. The summed E-state index contributed by atoms with van der Waals surface area (Å²) in [7, 11) is -1.60. The van der Waals surface area contributed by atoms with E-state index in [0.717, 1.165) is 12.8 Å². The van der Waals surface area contributed by atoms with Gasteiger partial charge in [0.15, 0.2) is 0 Å². The van der Waals surface area contributed by atoms with Crippen molar-refractivity contribution in [3.05, 3.63) is 30.1 Å². The first-order valence-electron chi connectivity index (χ1n) is 5.04. The van der Waals surface area contributed by atoms with Gasteiger partial charge in [-0.1, -0.05) is 25.5 Å². The van der Waals surface area contributed by atoms with Crippen LogP contribution in [-0.2, 0) is 9.09 Å². The molecule has 1 unspecified atom stereocenters. The van der Waals surface area contributed by atoms with E-state index in [1.54, 1.807) is 12.1 Å². The van der Waals surface area contributed by atoms with Crippen LogP contribution in [0.1, 0.15) is 19.8 Å². The van der Waals surface area contributed by atoms with Gasteiger partial charge in [0.05, 0.1) is 5.30 Å². The van der Waals surface area contributed by atoms with E-state index in [1.807, 2.05) is 6.92 Å². The SMILES string of the molecule is CCCCP(=O)(OC)c1ccccc1F. The maximum Gasteiger partial charge on any atom is 0.234 e. The zero-order valence-corrected chi connectivity index (χ0v) is 9.97. The number of benzene rings is 1. The molecule has 0 aromatic heterocycles. The second-order valence-electron chi connectivity index (χ2n) is 3.38. The molecular weight excluding hydrogens is 214 g/mol. The Labute approximate surface area is 89.9 Å². The summed E-state index contributed by atoms with van der Waals surface area (Å²) in [6, 6.07) is 6.11. The predicted octanol–water partition coefficient (Wildman–Crippen LogP) is 3.18. The van der Waals surface area contributed by atoms with Crippen LogP contribution in [0.2, 0.25) is 0 Å². The lowest BCUT2D eigenvalue weighted by Crippen LogP contribution is -2.13. The number of hydrogen-bond donors (Lipinski definition) is 0. The van der Waals surface area contributed by atoms with Crippen LogP contribution in [-0.4, -0.2) is 13.3 Å². The van der Waals surface area contributed by atoms with E-state index in [2.05, 4.69) is 0 Å². The molecule has 0 aliphatic carbocycles. The second kappa shape index (κ2) is 5.43. The fourth-order valence-corrected chi connectivity index (χ4v) is 3.47. The normalized spacial score (nSPS) is 14.9. The van der Waals surface area contributed by atoms with Crippen molar-refractivity contribution in [2.75, 3.05) is 13.3 Å². The number of halogens is 1. The molecule has 1 atom stereocenters. The minimum absolute atomic E-state index is 0.209. The molecule has 0 heterocycles. The Bertz CT molecular complexity index is 365. The van der Waals surface area contributed by atoms with Crippen LogP contribution < -0.4 is 5.30 Å². The Hall–Kier alpha value is -0.660. The van der Waals surface area contributed by atoms with E-state index >= 15 is 0 Å². The molecule has 1 aromatic rings. The first-order chi connectivity index (χ1) is 7.14. The number of unbranched alkanes of at least 4 members (excludes halogenated alkanes) is 1. The van der Waals surface area contributed by atoms with Crippen molar-refractivity contribution < 1.29 is 13.5 Å². The lowest BCUT2D eigenvalue weighted by Gasteiger charge is -2.16.